The van der Waals surface area contributed by atoms with Crippen LogP contribution in [0.5, 0.6) is 0 Å². The lowest BCUT2D eigenvalue weighted by Gasteiger charge is -2.12. The predicted molar refractivity (Wildman–Crippen MR) is 92.0 cm³/mol. The summed E-state index contributed by atoms with van der Waals surface area (Å²) in [6, 6.07) is 2.23. The van der Waals surface area contributed by atoms with Crippen molar-refractivity contribution in [3.05, 3.63) is 62.1 Å². The molecule has 154 valence electrons. The Morgan fingerprint density at radius 3 is 2.28 bits per heavy atom. The van der Waals surface area contributed by atoms with Crippen molar-refractivity contribution < 1.29 is 26.3 Å². The molecule has 0 aliphatic rings. The molecule has 0 atom stereocenters. The highest BCUT2D eigenvalue weighted by atomic mass is 35.5. The first-order valence-corrected chi connectivity index (χ1v) is 8.36. The lowest BCUT2D eigenvalue weighted by molar-refractivity contribution is -0.137. The van der Waals surface area contributed by atoms with Crippen LogP contribution in [0.3, 0.4) is 0 Å². The van der Waals surface area contributed by atoms with Crippen molar-refractivity contribution >= 4 is 23.2 Å². The number of alkyl halides is 5. The topological polar surface area (TPSA) is 52.7 Å². The van der Waals surface area contributed by atoms with Crippen molar-refractivity contribution in [3.8, 4) is 16.9 Å². The van der Waals surface area contributed by atoms with Gasteiger partial charge in [-0.05, 0) is 25.1 Å². The first-order valence-electron chi connectivity index (χ1n) is 7.60. The Morgan fingerprint density at radius 2 is 1.76 bits per heavy atom. The molecule has 2 aromatic heterocycles. The molecule has 3 rings (SSSR count). The fourth-order valence-electron chi connectivity index (χ4n) is 2.53. The smallest absolute Gasteiger partial charge is 0.254 e. The first-order chi connectivity index (χ1) is 13.4. The third-order valence-electron chi connectivity index (χ3n) is 3.86. The van der Waals surface area contributed by atoms with Crippen LogP contribution in [0.2, 0.25) is 10.0 Å². The average Bonchev–Trinajstić information content (AvgIpc) is 2.89. The van der Waals surface area contributed by atoms with E-state index in [0.29, 0.717) is 16.9 Å². The zero-order valence-electron chi connectivity index (χ0n) is 14.1. The zero-order valence-corrected chi connectivity index (χ0v) is 15.6. The summed E-state index contributed by atoms with van der Waals surface area (Å²) in [5.74, 6) is -1.34. The largest absolute Gasteiger partial charge is 0.417 e. The van der Waals surface area contributed by atoms with Crippen LogP contribution in [0.15, 0.2) is 29.2 Å². The molecule has 1 aromatic carbocycles. The maximum Gasteiger partial charge on any atom is 0.417 e. The first kappa shape index (κ1) is 21.2. The summed E-state index contributed by atoms with van der Waals surface area (Å²) < 4.78 is 79.4. The fourth-order valence-corrected chi connectivity index (χ4v) is 3.03. The molecule has 0 saturated heterocycles. The van der Waals surface area contributed by atoms with Gasteiger partial charge < -0.3 is 0 Å². The van der Waals surface area contributed by atoms with Crippen molar-refractivity contribution in [1.29, 1.82) is 0 Å². The molecule has 0 radical (unpaired) electrons. The number of hydrogen-bond acceptors (Lipinski definition) is 3. The molecule has 0 amide bonds. The van der Waals surface area contributed by atoms with E-state index < -0.39 is 40.4 Å². The maximum atomic E-state index is 14.4. The number of aromatic nitrogens is 4. The number of aryl methyl sites for hydroxylation is 1. The van der Waals surface area contributed by atoms with Gasteiger partial charge in [0, 0.05) is 11.8 Å². The minimum absolute atomic E-state index is 0.0860. The Hall–Kier alpha value is -2.53. The van der Waals surface area contributed by atoms with Gasteiger partial charge in [0.25, 0.3) is 0 Å². The molecule has 13 heteroatoms. The van der Waals surface area contributed by atoms with Crippen LogP contribution in [-0.4, -0.2) is 19.3 Å². The molecular weight excluding hydrogens is 449 g/mol. The van der Waals surface area contributed by atoms with E-state index in [1.807, 2.05) is 0 Å². The summed E-state index contributed by atoms with van der Waals surface area (Å²) in [6.07, 6.45) is -4.26. The Balaban J connectivity index is 2.21. The highest BCUT2D eigenvalue weighted by molar-refractivity contribution is 6.33. The van der Waals surface area contributed by atoms with Gasteiger partial charge in [-0.3, -0.25) is 4.98 Å². The summed E-state index contributed by atoms with van der Waals surface area (Å²) in [5, 5.41) is 2.80. The zero-order chi connectivity index (χ0) is 21.7. The van der Waals surface area contributed by atoms with Crippen molar-refractivity contribution in [2.75, 3.05) is 0 Å². The molecular formula is C16H8Cl2F6N4O. The van der Waals surface area contributed by atoms with Crippen LogP contribution in [0.4, 0.5) is 26.3 Å². The van der Waals surface area contributed by atoms with E-state index in [0.717, 1.165) is 19.1 Å². The molecule has 2 heterocycles. The average molecular weight is 457 g/mol. The van der Waals surface area contributed by atoms with Crippen LogP contribution >= 0.6 is 23.2 Å². The Bertz CT molecular complexity index is 1160. The van der Waals surface area contributed by atoms with Gasteiger partial charge in [-0.1, -0.05) is 23.2 Å². The van der Waals surface area contributed by atoms with E-state index in [4.69, 9.17) is 23.2 Å². The van der Waals surface area contributed by atoms with Crippen LogP contribution in [0.1, 0.15) is 17.9 Å². The highest BCUT2D eigenvalue weighted by Gasteiger charge is 2.32. The monoisotopic (exact) mass is 456 g/mol. The summed E-state index contributed by atoms with van der Waals surface area (Å²) >= 11 is 11.8. The molecule has 0 aliphatic carbocycles. The van der Waals surface area contributed by atoms with Crippen LogP contribution < -0.4 is 5.69 Å². The summed E-state index contributed by atoms with van der Waals surface area (Å²) in [7, 11) is 0. The second kappa shape index (κ2) is 7.38. The van der Waals surface area contributed by atoms with E-state index in [-0.39, 0.29) is 26.8 Å². The maximum absolute atomic E-state index is 14.4. The Kier molecular flexibility index (Phi) is 5.39. The minimum Gasteiger partial charge on any atom is -0.254 e. The van der Waals surface area contributed by atoms with E-state index in [2.05, 4.69) is 10.1 Å². The molecule has 0 spiro atoms. The lowest BCUT2D eigenvalue weighted by Crippen LogP contribution is -2.25. The Labute approximate surface area is 168 Å². The molecule has 5 nitrogen and oxygen atoms in total. The highest BCUT2D eigenvalue weighted by Crippen LogP contribution is 2.36. The quantitative estimate of drug-likeness (QED) is 0.504. The number of nitrogens with zero attached hydrogens (tertiary/aromatic N) is 4. The molecule has 29 heavy (non-hydrogen) atoms. The predicted octanol–water partition coefficient (Wildman–Crippen LogP) is 5.26. The van der Waals surface area contributed by atoms with Crippen LogP contribution in [0, 0.1) is 12.7 Å². The molecule has 0 N–H and O–H groups in total. The SMILES string of the molecule is Cc1nn(-c2cc(-c3ncc(C(F)(F)F)cc3Cl)c(F)cc2Cl)c(=O)n1C(F)F. The van der Waals surface area contributed by atoms with Crippen LogP contribution in [0.25, 0.3) is 16.9 Å². The third kappa shape index (κ3) is 3.84. The van der Waals surface area contributed by atoms with Gasteiger partial charge >= 0.3 is 18.4 Å². The summed E-state index contributed by atoms with van der Waals surface area (Å²) in [5.41, 5.74) is -3.45. The normalized spacial score (nSPS) is 12.1. The van der Waals surface area contributed by atoms with Gasteiger partial charge in [-0.2, -0.15) is 26.6 Å². The van der Waals surface area contributed by atoms with Gasteiger partial charge in [0.05, 0.1) is 27.0 Å². The third-order valence-corrected chi connectivity index (χ3v) is 4.45. The number of pyridine rings is 1. The van der Waals surface area contributed by atoms with Gasteiger partial charge in [-0.15, -0.1) is 5.10 Å². The van der Waals surface area contributed by atoms with E-state index in [9.17, 15) is 31.1 Å². The minimum atomic E-state index is -4.72. The Morgan fingerprint density at radius 1 is 1.10 bits per heavy atom. The van der Waals surface area contributed by atoms with Crippen molar-refractivity contribution in [1.82, 2.24) is 19.3 Å². The number of benzene rings is 1. The molecule has 0 bridgehead atoms. The van der Waals surface area contributed by atoms with Gasteiger partial charge in [-0.25, -0.2) is 13.8 Å². The number of halogens is 8. The molecule has 0 aliphatic heterocycles. The van der Waals surface area contributed by atoms with Gasteiger partial charge in [0.15, 0.2) is 0 Å². The molecule has 0 saturated carbocycles. The van der Waals surface area contributed by atoms with Crippen LogP contribution in [-0.2, 0) is 6.18 Å². The fraction of sp³-hybridized carbons (Fsp3) is 0.188. The summed E-state index contributed by atoms with van der Waals surface area (Å²) in [4.78, 5) is 15.7. The van der Waals surface area contributed by atoms with E-state index in [1.165, 1.54) is 0 Å². The van der Waals surface area contributed by atoms with Crippen molar-refractivity contribution in [3.63, 3.8) is 0 Å². The molecule has 0 unspecified atom stereocenters. The van der Waals surface area contributed by atoms with Crippen molar-refractivity contribution in [2.24, 2.45) is 0 Å². The number of hydrogen-bond donors (Lipinski definition) is 0. The van der Waals surface area contributed by atoms with E-state index in [1.54, 1.807) is 0 Å². The van der Waals surface area contributed by atoms with Gasteiger partial charge in [0.1, 0.15) is 11.6 Å². The second-order valence-corrected chi connectivity index (χ2v) is 6.54. The van der Waals surface area contributed by atoms with Gasteiger partial charge in [0.2, 0.25) is 0 Å². The second-order valence-electron chi connectivity index (χ2n) is 5.72. The van der Waals surface area contributed by atoms with E-state index >= 15 is 0 Å². The molecule has 0 fully saturated rings. The van der Waals surface area contributed by atoms with Crippen molar-refractivity contribution in [2.45, 2.75) is 19.6 Å². The number of rotatable bonds is 3. The summed E-state index contributed by atoms with van der Waals surface area (Å²) in [6.45, 7) is -2.03. The standard InChI is InChI=1S/C16H8Cl2F6N4O/c1-6-26-28(15(29)27(6)14(20)21)12-3-8(11(19)4-9(12)17)13-10(18)2-7(5-25-13)16(22,23)24/h2-5,14H,1H3. The molecule has 3 aromatic rings. The lowest BCUT2D eigenvalue weighted by atomic mass is 10.1.